The fourth-order valence-electron chi connectivity index (χ4n) is 6.91. The van der Waals surface area contributed by atoms with Crippen molar-refractivity contribution in [1.82, 2.24) is 9.38 Å². The summed E-state index contributed by atoms with van der Waals surface area (Å²) < 4.78 is -0.174. The van der Waals surface area contributed by atoms with E-state index < -0.39 is 12.1 Å². The average molecular weight is 492 g/mol. The summed E-state index contributed by atoms with van der Waals surface area (Å²) in [6, 6.07) is 17.2. The lowest BCUT2D eigenvalue weighted by Gasteiger charge is -2.50. The predicted molar refractivity (Wildman–Crippen MR) is 136 cm³/mol. The van der Waals surface area contributed by atoms with Gasteiger partial charge in [0.2, 0.25) is 5.91 Å². The van der Waals surface area contributed by atoms with Gasteiger partial charge >= 0.3 is 12.1 Å². The first-order valence-corrected chi connectivity index (χ1v) is 12.9. The van der Waals surface area contributed by atoms with Crippen LogP contribution in [0, 0.1) is 11.3 Å². The van der Waals surface area contributed by atoms with Crippen LogP contribution in [-0.4, -0.2) is 45.2 Å². The third kappa shape index (κ3) is 4.19. The van der Waals surface area contributed by atoms with Crippen molar-refractivity contribution in [3.63, 3.8) is 0 Å². The molecule has 0 bridgehead atoms. The van der Waals surface area contributed by atoms with Crippen LogP contribution in [0.3, 0.4) is 0 Å². The molecule has 2 saturated carbocycles. The number of amides is 2. The van der Waals surface area contributed by atoms with Gasteiger partial charge in [0.15, 0.2) is 0 Å². The van der Waals surface area contributed by atoms with Gasteiger partial charge in [0.25, 0.3) is 0 Å². The van der Waals surface area contributed by atoms with Gasteiger partial charge in [0.05, 0.1) is 12.5 Å². The van der Waals surface area contributed by atoms with Crippen LogP contribution >= 0.6 is 0 Å². The van der Waals surface area contributed by atoms with Crippen LogP contribution in [0.25, 0.3) is 0 Å². The highest BCUT2D eigenvalue weighted by Crippen LogP contribution is 2.60. The number of quaternary nitrogens is 1. The Hall–Kier alpha value is -3.19. The third-order valence-corrected chi connectivity index (χ3v) is 8.40. The summed E-state index contributed by atoms with van der Waals surface area (Å²) in [4.78, 5) is 40.1. The van der Waals surface area contributed by atoms with E-state index in [0.717, 1.165) is 42.5 Å². The Balaban J connectivity index is 1.68. The van der Waals surface area contributed by atoms with Crippen molar-refractivity contribution in [2.45, 2.75) is 77.0 Å². The monoisotopic (exact) mass is 491 g/mol. The molecule has 7 heteroatoms. The first-order chi connectivity index (χ1) is 17.1. The molecule has 36 heavy (non-hydrogen) atoms. The van der Waals surface area contributed by atoms with Crippen molar-refractivity contribution >= 4 is 23.7 Å². The van der Waals surface area contributed by atoms with Crippen molar-refractivity contribution in [2.24, 2.45) is 11.3 Å². The Morgan fingerprint density at radius 3 is 2.25 bits per heavy atom. The summed E-state index contributed by atoms with van der Waals surface area (Å²) in [5.41, 5.74) is 2.53. The number of carboxylic acid groups (broad SMARTS) is 2. The summed E-state index contributed by atoms with van der Waals surface area (Å²) in [5, 5.41) is 20.2. The second kappa shape index (κ2) is 9.04. The van der Waals surface area contributed by atoms with Crippen molar-refractivity contribution in [1.29, 1.82) is 0 Å². The van der Waals surface area contributed by atoms with Gasteiger partial charge in [0, 0.05) is 42.0 Å². The van der Waals surface area contributed by atoms with Crippen molar-refractivity contribution in [2.75, 3.05) is 0 Å². The lowest BCUT2D eigenvalue weighted by Crippen LogP contribution is -2.65. The summed E-state index contributed by atoms with van der Waals surface area (Å²) in [7, 11) is 0. The molecule has 2 fully saturated rings. The molecule has 0 unspecified atom stereocenters. The van der Waals surface area contributed by atoms with Gasteiger partial charge in [-0.2, -0.15) is 9.28 Å². The first-order valence-electron chi connectivity index (χ1n) is 12.9. The quantitative estimate of drug-likeness (QED) is 0.493. The van der Waals surface area contributed by atoms with Crippen molar-refractivity contribution in [3.8, 4) is 0 Å². The van der Waals surface area contributed by atoms with Crippen LogP contribution in [-0.2, 0) is 16.1 Å². The Bertz CT molecular complexity index is 1180. The maximum absolute atomic E-state index is 13.5. The van der Waals surface area contributed by atoms with Crippen molar-refractivity contribution < 1.29 is 24.6 Å². The molecule has 1 heterocycles. The highest BCUT2D eigenvalue weighted by molar-refractivity contribution is 5.86. The molecule has 4 atom stereocenters. The van der Waals surface area contributed by atoms with E-state index in [4.69, 9.17) is 0 Å². The second-order valence-corrected chi connectivity index (χ2v) is 11.5. The molecule has 190 valence electrons. The molecule has 2 aliphatic carbocycles. The lowest BCUT2D eigenvalue weighted by molar-refractivity contribution is -0.143. The van der Waals surface area contributed by atoms with Crippen LogP contribution in [0.4, 0.5) is 10.5 Å². The van der Waals surface area contributed by atoms with E-state index in [1.165, 1.54) is 0 Å². The van der Waals surface area contributed by atoms with E-state index >= 15 is 0 Å². The fraction of sp³-hybridized carbons (Fsp3) is 0.483. The zero-order valence-electron chi connectivity index (χ0n) is 21.0. The topological polar surface area (TPSA) is 94.9 Å². The second-order valence-electron chi connectivity index (χ2n) is 11.5. The number of carboxylic acids is 1. The van der Waals surface area contributed by atoms with Gasteiger partial charge in [-0.25, -0.2) is 0 Å². The largest absolute Gasteiger partial charge is 0.519 e. The molecule has 0 aromatic heterocycles. The van der Waals surface area contributed by atoms with E-state index in [-0.39, 0.29) is 52.7 Å². The molecule has 7 nitrogen and oxygen atoms in total. The number of carbonyl (C=O) groups excluding carboxylic acids is 1. The van der Waals surface area contributed by atoms with Gasteiger partial charge in [-0.3, -0.25) is 9.59 Å². The van der Waals surface area contributed by atoms with Gasteiger partial charge in [-0.05, 0) is 24.7 Å². The molecule has 0 saturated heterocycles. The van der Waals surface area contributed by atoms with Gasteiger partial charge in [-0.1, -0.05) is 62.4 Å². The SMILES string of the molecule is CC1(C)C[C@H]2[C@@H](C1)[N@@+](Cc1ccccc1)(C(=O)O)c1ccccc1[C@@H]2N(C(=O)CCC(=O)O)C1CC1. The summed E-state index contributed by atoms with van der Waals surface area (Å²) in [5.74, 6) is -1.15. The Kier molecular flexibility index (Phi) is 6.15. The molecule has 2 amide bonds. The van der Waals surface area contributed by atoms with E-state index in [9.17, 15) is 24.6 Å². The smallest absolute Gasteiger partial charge is 0.481 e. The number of hydrogen-bond donors (Lipinski definition) is 2. The Labute approximate surface area is 211 Å². The molecule has 2 N–H and O–H groups in total. The minimum absolute atomic E-state index is 0.0335. The van der Waals surface area contributed by atoms with Crippen molar-refractivity contribution in [3.05, 3.63) is 65.7 Å². The summed E-state index contributed by atoms with van der Waals surface area (Å²) in [6.45, 7) is 4.73. The number of para-hydroxylation sites is 1. The van der Waals surface area contributed by atoms with Crippen LogP contribution in [0.15, 0.2) is 54.6 Å². The summed E-state index contributed by atoms with van der Waals surface area (Å²) >= 11 is 0. The molecule has 2 aromatic rings. The molecule has 0 radical (unpaired) electrons. The number of fused-ring (bicyclic) bond motifs is 2. The highest BCUT2D eigenvalue weighted by Gasteiger charge is 2.64. The predicted octanol–water partition coefficient (Wildman–Crippen LogP) is 5.59. The number of benzene rings is 2. The van der Waals surface area contributed by atoms with Crippen LogP contribution in [0.2, 0.25) is 0 Å². The molecule has 1 aliphatic heterocycles. The molecular formula is C29H35N2O5+. The van der Waals surface area contributed by atoms with E-state index in [1.54, 1.807) is 0 Å². The number of rotatable bonds is 7. The standard InChI is InChI=1S/C29H34N2O5/c1-29(2)16-22-24(17-29)31(28(35)36,18-19-8-4-3-5-9-19)23-11-7-6-10-21(23)27(22)30(20-12-13-20)25(32)14-15-26(33)34/h3-11,20,22,24,27H,12-18H2,1-2H3,(H-,33,34,35,36)/p+1/t22-,24+,27-,31-/m0/s1. The Morgan fingerprint density at radius 2 is 1.61 bits per heavy atom. The Morgan fingerprint density at radius 1 is 0.944 bits per heavy atom. The number of carbonyl (C=O) groups is 3. The van der Waals surface area contributed by atoms with Gasteiger partial charge < -0.3 is 15.1 Å². The first kappa shape index (κ1) is 24.5. The minimum Gasteiger partial charge on any atom is -0.481 e. The molecule has 2 aromatic carbocycles. The highest BCUT2D eigenvalue weighted by atomic mass is 16.4. The average Bonchev–Trinajstić information content (AvgIpc) is 3.61. The van der Waals surface area contributed by atoms with E-state index in [0.29, 0.717) is 6.54 Å². The zero-order valence-corrected chi connectivity index (χ0v) is 21.0. The number of nitrogens with zero attached hydrogens (tertiary/aromatic N) is 2. The third-order valence-electron chi connectivity index (χ3n) is 8.40. The van der Waals surface area contributed by atoms with Crippen LogP contribution < -0.4 is 4.48 Å². The molecular weight excluding hydrogens is 456 g/mol. The zero-order chi connectivity index (χ0) is 25.7. The maximum Gasteiger partial charge on any atom is 0.519 e. The van der Waals surface area contributed by atoms with Crippen LogP contribution in [0.5, 0.6) is 0 Å². The molecule has 5 rings (SSSR count). The van der Waals surface area contributed by atoms with Gasteiger partial charge in [0.1, 0.15) is 18.3 Å². The number of hydrogen-bond acceptors (Lipinski definition) is 3. The number of aliphatic carboxylic acids is 1. The van der Waals surface area contributed by atoms with E-state index in [2.05, 4.69) is 13.8 Å². The van der Waals surface area contributed by atoms with Gasteiger partial charge in [-0.15, -0.1) is 0 Å². The summed E-state index contributed by atoms with van der Waals surface area (Å²) in [6.07, 6.45) is 2.26. The maximum atomic E-state index is 13.5. The van der Waals surface area contributed by atoms with Crippen LogP contribution in [0.1, 0.15) is 69.5 Å². The van der Waals surface area contributed by atoms with E-state index in [1.807, 2.05) is 59.5 Å². The lowest BCUT2D eigenvalue weighted by atomic mass is 9.79. The minimum atomic E-state index is -0.979. The fourth-order valence-corrected chi connectivity index (χ4v) is 6.91. The normalized spacial score (nSPS) is 28.1. The molecule has 3 aliphatic rings. The molecule has 0 spiro atoms.